The van der Waals surface area contributed by atoms with Crippen LogP contribution in [0.5, 0.6) is 0 Å². The Kier molecular flexibility index (Phi) is 7.19. The van der Waals surface area contributed by atoms with E-state index in [9.17, 15) is 14.0 Å². The molecule has 0 atom stereocenters. The molecule has 0 unspecified atom stereocenters. The van der Waals surface area contributed by atoms with Gasteiger partial charge in [0, 0.05) is 33.1 Å². The van der Waals surface area contributed by atoms with E-state index in [0.29, 0.717) is 32.3 Å². The molecule has 0 aliphatic carbocycles. The largest absolute Gasteiger partial charge is 0.318 e. The summed E-state index contributed by atoms with van der Waals surface area (Å²) >= 11 is 2.73. The SMILES string of the molecule is Cc1sc2nc(SCC(=O)c3cc(C)n(-c4cccc(F)c4)c3C)n(-c3ccccc3)c(=O)c2c1-c1ccccc1. The zero-order valence-electron chi connectivity index (χ0n) is 22.7. The van der Waals surface area contributed by atoms with Crippen molar-refractivity contribution in [2.45, 2.75) is 25.9 Å². The summed E-state index contributed by atoms with van der Waals surface area (Å²) in [6.07, 6.45) is 0. The van der Waals surface area contributed by atoms with Crippen molar-refractivity contribution >= 4 is 39.1 Å². The maximum Gasteiger partial charge on any atom is 0.268 e. The van der Waals surface area contributed by atoms with Crippen molar-refractivity contribution in [1.82, 2.24) is 14.1 Å². The Hall–Kier alpha value is -4.27. The monoisotopic (exact) mass is 579 g/mol. The lowest BCUT2D eigenvalue weighted by atomic mass is 10.0. The fourth-order valence-corrected chi connectivity index (χ4v) is 7.24. The van der Waals surface area contributed by atoms with Crippen LogP contribution >= 0.6 is 23.1 Å². The van der Waals surface area contributed by atoms with E-state index in [0.717, 1.165) is 27.4 Å². The number of carbonyl (C=O) groups is 1. The minimum absolute atomic E-state index is 0.0907. The number of aryl methyl sites for hydroxylation is 2. The van der Waals surface area contributed by atoms with E-state index in [4.69, 9.17) is 4.98 Å². The molecule has 0 amide bonds. The van der Waals surface area contributed by atoms with Gasteiger partial charge in [-0.15, -0.1) is 11.3 Å². The van der Waals surface area contributed by atoms with Gasteiger partial charge in [0.05, 0.1) is 16.8 Å². The lowest BCUT2D eigenvalue weighted by Crippen LogP contribution is -2.22. The molecular formula is C33H26FN3O2S2. The summed E-state index contributed by atoms with van der Waals surface area (Å²) in [5.41, 5.74) is 5.20. The van der Waals surface area contributed by atoms with E-state index in [-0.39, 0.29) is 22.9 Å². The van der Waals surface area contributed by atoms with E-state index in [1.165, 1.54) is 35.2 Å². The quantitative estimate of drug-likeness (QED) is 0.109. The third kappa shape index (κ3) is 4.94. The van der Waals surface area contributed by atoms with Gasteiger partial charge in [-0.2, -0.15) is 0 Å². The summed E-state index contributed by atoms with van der Waals surface area (Å²) in [5, 5.41) is 1.04. The van der Waals surface area contributed by atoms with Crippen LogP contribution in [0.3, 0.4) is 0 Å². The number of thioether (sulfide) groups is 1. The Labute approximate surface area is 244 Å². The van der Waals surface area contributed by atoms with E-state index in [1.807, 2.05) is 98.1 Å². The molecule has 6 aromatic rings. The Morgan fingerprint density at radius 1 is 0.878 bits per heavy atom. The summed E-state index contributed by atoms with van der Waals surface area (Å²) < 4.78 is 17.4. The highest BCUT2D eigenvalue weighted by Gasteiger charge is 2.23. The molecule has 6 rings (SSSR count). The second kappa shape index (κ2) is 11.0. The molecule has 0 saturated heterocycles. The first-order chi connectivity index (χ1) is 19.8. The van der Waals surface area contributed by atoms with Gasteiger partial charge in [0.25, 0.3) is 5.56 Å². The number of hydrogen-bond acceptors (Lipinski definition) is 5. The van der Waals surface area contributed by atoms with Crippen molar-refractivity contribution in [1.29, 1.82) is 0 Å². The molecule has 204 valence electrons. The number of aromatic nitrogens is 3. The van der Waals surface area contributed by atoms with Crippen LogP contribution in [0.2, 0.25) is 0 Å². The second-order valence-corrected chi connectivity index (χ2v) is 11.9. The van der Waals surface area contributed by atoms with Crippen LogP contribution in [0, 0.1) is 26.6 Å². The molecule has 3 heterocycles. The van der Waals surface area contributed by atoms with Gasteiger partial charge >= 0.3 is 0 Å². The number of thiophene rings is 1. The summed E-state index contributed by atoms with van der Waals surface area (Å²) in [7, 11) is 0. The third-order valence-corrected chi connectivity index (χ3v) is 9.02. The van der Waals surface area contributed by atoms with Gasteiger partial charge in [0.1, 0.15) is 10.6 Å². The van der Waals surface area contributed by atoms with E-state index in [1.54, 1.807) is 10.6 Å². The molecule has 0 radical (unpaired) electrons. The average molecular weight is 580 g/mol. The maximum absolute atomic E-state index is 14.2. The summed E-state index contributed by atoms with van der Waals surface area (Å²) in [6, 6.07) is 27.4. The van der Waals surface area contributed by atoms with E-state index >= 15 is 0 Å². The summed E-state index contributed by atoms with van der Waals surface area (Å²) in [4.78, 5) is 34.3. The lowest BCUT2D eigenvalue weighted by molar-refractivity contribution is 0.102. The molecular weight excluding hydrogens is 554 g/mol. The number of carbonyl (C=O) groups excluding carboxylic acids is 1. The van der Waals surface area contributed by atoms with Gasteiger partial charge in [0.15, 0.2) is 10.9 Å². The fraction of sp³-hybridized carbons (Fsp3) is 0.121. The molecule has 0 bridgehead atoms. The van der Waals surface area contributed by atoms with Crippen molar-refractivity contribution < 1.29 is 9.18 Å². The Balaban J connectivity index is 1.41. The first-order valence-electron chi connectivity index (χ1n) is 13.1. The predicted octanol–water partition coefficient (Wildman–Crippen LogP) is 7.94. The van der Waals surface area contributed by atoms with Crippen LogP contribution in [0.15, 0.2) is 101 Å². The van der Waals surface area contributed by atoms with Crippen LogP contribution in [0.1, 0.15) is 26.6 Å². The van der Waals surface area contributed by atoms with Gasteiger partial charge in [0.2, 0.25) is 0 Å². The smallest absolute Gasteiger partial charge is 0.268 e. The van der Waals surface area contributed by atoms with E-state index < -0.39 is 0 Å². The lowest BCUT2D eigenvalue weighted by Gasteiger charge is -2.13. The Bertz CT molecular complexity index is 1980. The first kappa shape index (κ1) is 26.9. The zero-order chi connectivity index (χ0) is 28.7. The van der Waals surface area contributed by atoms with Gasteiger partial charge in [-0.3, -0.25) is 14.2 Å². The van der Waals surface area contributed by atoms with Gasteiger partial charge in [-0.05, 0) is 62.7 Å². The highest BCUT2D eigenvalue weighted by molar-refractivity contribution is 7.99. The molecule has 5 nitrogen and oxygen atoms in total. The number of para-hydroxylation sites is 1. The van der Waals surface area contributed by atoms with Crippen molar-refractivity contribution in [3.63, 3.8) is 0 Å². The van der Waals surface area contributed by atoms with Crippen LogP contribution < -0.4 is 5.56 Å². The molecule has 3 aromatic carbocycles. The average Bonchev–Trinajstić information content (AvgIpc) is 3.47. The number of ketones is 1. The van der Waals surface area contributed by atoms with Crippen molar-refractivity contribution in [2.24, 2.45) is 0 Å². The van der Waals surface area contributed by atoms with Gasteiger partial charge in [-0.1, -0.05) is 66.4 Å². The highest BCUT2D eigenvalue weighted by Crippen LogP contribution is 2.37. The van der Waals surface area contributed by atoms with Crippen LogP contribution in [-0.2, 0) is 0 Å². The molecule has 3 aromatic heterocycles. The van der Waals surface area contributed by atoms with Gasteiger partial charge in [-0.25, -0.2) is 9.37 Å². The molecule has 41 heavy (non-hydrogen) atoms. The first-order valence-corrected chi connectivity index (χ1v) is 14.9. The molecule has 8 heteroatoms. The van der Waals surface area contributed by atoms with Crippen LogP contribution in [-0.4, -0.2) is 25.7 Å². The van der Waals surface area contributed by atoms with Crippen molar-refractivity contribution in [3.05, 3.63) is 129 Å². The number of rotatable bonds is 7. The molecule has 0 N–H and O–H groups in total. The predicted molar refractivity (Wildman–Crippen MR) is 166 cm³/mol. The molecule has 0 aliphatic rings. The standard InChI is InChI=1S/C33H26FN3O2S2/c1-20-17-27(21(2)36(20)26-16-10-13-24(34)18-26)28(38)19-40-33-35-31-30(32(39)37(33)25-14-8-5-9-15-25)29(22(3)41-31)23-11-6-4-7-12-23/h4-18H,19H2,1-3H3. The number of hydrogen-bond donors (Lipinski definition) is 0. The van der Waals surface area contributed by atoms with Crippen molar-refractivity contribution in [2.75, 3.05) is 5.75 Å². The van der Waals surface area contributed by atoms with Gasteiger partial charge < -0.3 is 4.57 Å². The summed E-state index contributed by atoms with van der Waals surface area (Å²) in [5.74, 6) is -0.334. The zero-order valence-corrected chi connectivity index (χ0v) is 24.4. The highest BCUT2D eigenvalue weighted by atomic mass is 32.2. The maximum atomic E-state index is 14.2. The number of fused-ring (bicyclic) bond motifs is 1. The normalized spacial score (nSPS) is 11.3. The number of halogens is 1. The summed E-state index contributed by atoms with van der Waals surface area (Å²) in [6.45, 7) is 5.76. The Morgan fingerprint density at radius 2 is 1.56 bits per heavy atom. The Morgan fingerprint density at radius 3 is 2.27 bits per heavy atom. The molecule has 0 aliphatic heterocycles. The third-order valence-electron chi connectivity index (χ3n) is 7.08. The van der Waals surface area contributed by atoms with Crippen LogP contribution in [0.4, 0.5) is 4.39 Å². The molecule has 0 spiro atoms. The fourth-order valence-electron chi connectivity index (χ4n) is 5.26. The molecule has 0 saturated carbocycles. The molecule has 0 fully saturated rings. The van der Waals surface area contributed by atoms with E-state index in [2.05, 4.69) is 0 Å². The second-order valence-electron chi connectivity index (χ2n) is 9.76. The number of nitrogens with zero attached hydrogens (tertiary/aromatic N) is 3. The van der Waals surface area contributed by atoms with Crippen LogP contribution in [0.25, 0.3) is 32.7 Å². The minimum atomic E-state index is -0.335. The van der Waals surface area contributed by atoms with Crippen molar-refractivity contribution in [3.8, 4) is 22.5 Å². The minimum Gasteiger partial charge on any atom is -0.318 e. The number of benzene rings is 3. The number of Topliss-reactive ketones (excluding diaryl/α,β-unsaturated/α-hetero) is 1. The topological polar surface area (TPSA) is 56.9 Å².